The maximum atomic E-state index is 4.76. The number of hydrogen-bond acceptors (Lipinski definition) is 4. The number of likely N-dealkylation sites (tertiary alicyclic amines) is 1. The molecular formula is C16H29N3S. The van der Waals surface area contributed by atoms with Crippen molar-refractivity contribution in [2.24, 2.45) is 5.41 Å². The van der Waals surface area contributed by atoms with Crippen molar-refractivity contribution in [2.75, 3.05) is 13.1 Å². The molecule has 1 aromatic heterocycles. The lowest BCUT2D eigenvalue weighted by atomic mass is 9.85. The van der Waals surface area contributed by atoms with Crippen LogP contribution in [-0.2, 0) is 13.1 Å². The van der Waals surface area contributed by atoms with Crippen molar-refractivity contribution < 1.29 is 0 Å². The highest BCUT2D eigenvalue weighted by molar-refractivity contribution is 7.09. The third-order valence-electron chi connectivity index (χ3n) is 4.08. The van der Waals surface area contributed by atoms with Crippen LogP contribution < -0.4 is 5.32 Å². The Morgan fingerprint density at radius 3 is 2.90 bits per heavy atom. The van der Waals surface area contributed by atoms with Gasteiger partial charge in [-0.3, -0.25) is 4.90 Å². The summed E-state index contributed by atoms with van der Waals surface area (Å²) in [6.45, 7) is 13.5. The second-order valence-electron chi connectivity index (χ2n) is 7.06. The van der Waals surface area contributed by atoms with E-state index in [4.69, 9.17) is 4.98 Å². The van der Waals surface area contributed by atoms with E-state index >= 15 is 0 Å². The predicted molar refractivity (Wildman–Crippen MR) is 87.0 cm³/mol. The van der Waals surface area contributed by atoms with E-state index in [9.17, 15) is 0 Å². The SMILES string of the molecule is CC(C)NCc1nc(CN2CCCC(C)(C)CC2)cs1. The molecule has 0 aliphatic carbocycles. The average molecular weight is 295 g/mol. The van der Waals surface area contributed by atoms with Crippen LogP contribution in [0.4, 0.5) is 0 Å². The van der Waals surface area contributed by atoms with Gasteiger partial charge in [0, 0.05) is 24.5 Å². The number of nitrogens with zero attached hydrogens (tertiary/aromatic N) is 2. The van der Waals surface area contributed by atoms with Crippen molar-refractivity contribution in [3.8, 4) is 0 Å². The first-order valence-electron chi connectivity index (χ1n) is 7.84. The van der Waals surface area contributed by atoms with Gasteiger partial charge in [0.25, 0.3) is 0 Å². The molecule has 4 heteroatoms. The Hall–Kier alpha value is -0.450. The molecule has 0 bridgehead atoms. The summed E-state index contributed by atoms with van der Waals surface area (Å²) in [5, 5.41) is 6.88. The zero-order valence-electron chi connectivity index (χ0n) is 13.4. The van der Waals surface area contributed by atoms with Crippen LogP contribution in [0.15, 0.2) is 5.38 Å². The summed E-state index contributed by atoms with van der Waals surface area (Å²) in [5.74, 6) is 0. The van der Waals surface area contributed by atoms with E-state index < -0.39 is 0 Å². The summed E-state index contributed by atoms with van der Waals surface area (Å²) in [6, 6.07) is 0.523. The zero-order chi connectivity index (χ0) is 14.6. The van der Waals surface area contributed by atoms with Gasteiger partial charge in [0.15, 0.2) is 0 Å². The molecule has 0 atom stereocenters. The fourth-order valence-electron chi connectivity index (χ4n) is 2.66. The van der Waals surface area contributed by atoms with Crippen LogP contribution >= 0.6 is 11.3 Å². The molecule has 0 aromatic carbocycles. The second kappa shape index (κ2) is 7.01. The van der Waals surface area contributed by atoms with E-state index in [2.05, 4.69) is 43.3 Å². The summed E-state index contributed by atoms with van der Waals surface area (Å²) in [4.78, 5) is 7.33. The van der Waals surface area contributed by atoms with Gasteiger partial charge in [-0.05, 0) is 37.8 Å². The van der Waals surface area contributed by atoms with Crippen LogP contribution in [0.2, 0.25) is 0 Å². The van der Waals surface area contributed by atoms with Crippen LogP contribution in [0.3, 0.4) is 0 Å². The first-order chi connectivity index (χ1) is 9.44. The monoisotopic (exact) mass is 295 g/mol. The Morgan fingerprint density at radius 2 is 2.15 bits per heavy atom. The Balaban J connectivity index is 1.84. The minimum Gasteiger partial charge on any atom is -0.308 e. The van der Waals surface area contributed by atoms with E-state index in [1.807, 2.05) is 0 Å². The number of thiazole rings is 1. The molecule has 0 amide bonds. The minimum atomic E-state index is 0.517. The van der Waals surface area contributed by atoms with Gasteiger partial charge in [0.05, 0.1) is 5.69 Å². The fraction of sp³-hybridized carbons (Fsp3) is 0.812. The molecule has 1 fully saturated rings. The van der Waals surface area contributed by atoms with Gasteiger partial charge in [-0.25, -0.2) is 4.98 Å². The lowest BCUT2D eigenvalue weighted by Crippen LogP contribution is -2.25. The zero-order valence-corrected chi connectivity index (χ0v) is 14.2. The molecular weight excluding hydrogens is 266 g/mol. The molecule has 3 nitrogen and oxygen atoms in total. The molecule has 114 valence electrons. The van der Waals surface area contributed by atoms with Crippen molar-refractivity contribution in [1.82, 2.24) is 15.2 Å². The van der Waals surface area contributed by atoms with Crippen molar-refractivity contribution in [2.45, 2.75) is 66.1 Å². The Kier molecular flexibility index (Phi) is 5.58. The third-order valence-corrected chi connectivity index (χ3v) is 4.98. The van der Waals surface area contributed by atoms with Crippen LogP contribution in [0.1, 0.15) is 57.7 Å². The number of hydrogen-bond donors (Lipinski definition) is 1. The topological polar surface area (TPSA) is 28.2 Å². The van der Waals surface area contributed by atoms with Gasteiger partial charge in [-0.15, -0.1) is 11.3 Å². The lowest BCUT2D eigenvalue weighted by molar-refractivity contribution is 0.254. The highest BCUT2D eigenvalue weighted by atomic mass is 32.1. The number of rotatable bonds is 5. The van der Waals surface area contributed by atoms with Crippen LogP contribution in [-0.4, -0.2) is 29.0 Å². The smallest absolute Gasteiger partial charge is 0.107 e. The molecule has 0 saturated carbocycles. The third kappa shape index (κ3) is 5.15. The molecule has 1 N–H and O–H groups in total. The molecule has 0 radical (unpaired) electrons. The average Bonchev–Trinajstić information content (AvgIpc) is 2.73. The van der Waals surface area contributed by atoms with Gasteiger partial charge in [-0.2, -0.15) is 0 Å². The Morgan fingerprint density at radius 1 is 1.35 bits per heavy atom. The maximum absolute atomic E-state index is 4.76. The summed E-state index contributed by atoms with van der Waals surface area (Å²) >= 11 is 1.78. The van der Waals surface area contributed by atoms with Crippen LogP contribution in [0.5, 0.6) is 0 Å². The quantitative estimate of drug-likeness (QED) is 0.898. The molecule has 1 aromatic rings. The molecule has 0 unspecified atom stereocenters. The van der Waals surface area contributed by atoms with E-state index in [1.165, 1.54) is 43.1 Å². The van der Waals surface area contributed by atoms with Gasteiger partial charge in [0.2, 0.25) is 0 Å². The largest absolute Gasteiger partial charge is 0.308 e. The molecule has 1 saturated heterocycles. The highest BCUT2D eigenvalue weighted by Gasteiger charge is 2.23. The first kappa shape index (κ1) is 15.9. The summed E-state index contributed by atoms with van der Waals surface area (Å²) < 4.78 is 0. The molecule has 2 rings (SSSR count). The summed E-state index contributed by atoms with van der Waals surface area (Å²) in [5.41, 5.74) is 1.76. The number of nitrogens with one attached hydrogen (secondary N) is 1. The molecule has 1 aliphatic rings. The second-order valence-corrected chi connectivity index (χ2v) is 8.00. The van der Waals surface area contributed by atoms with E-state index in [0.29, 0.717) is 11.5 Å². The number of aromatic nitrogens is 1. The van der Waals surface area contributed by atoms with Crippen molar-refractivity contribution >= 4 is 11.3 Å². The van der Waals surface area contributed by atoms with E-state index in [-0.39, 0.29) is 0 Å². The minimum absolute atomic E-state index is 0.517. The maximum Gasteiger partial charge on any atom is 0.107 e. The van der Waals surface area contributed by atoms with Crippen LogP contribution in [0.25, 0.3) is 0 Å². The molecule has 20 heavy (non-hydrogen) atoms. The normalized spacial score (nSPS) is 20.2. The van der Waals surface area contributed by atoms with Gasteiger partial charge < -0.3 is 5.32 Å². The van der Waals surface area contributed by atoms with Gasteiger partial charge in [-0.1, -0.05) is 27.7 Å². The standard InChI is InChI=1S/C16H29N3S/c1-13(2)17-10-15-18-14(12-20-15)11-19-8-5-6-16(3,4)7-9-19/h12-13,17H,5-11H2,1-4H3. The van der Waals surface area contributed by atoms with E-state index in [1.54, 1.807) is 11.3 Å². The molecule has 1 aliphatic heterocycles. The lowest BCUT2D eigenvalue weighted by Gasteiger charge is -2.22. The Bertz CT molecular complexity index is 412. The van der Waals surface area contributed by atoms with Gasteiger partial charge in [0.1, 0.15) is 5.01 Å². The highest BCUT2D eigenvalue weighted by Crippen LogP contribution is 2.30. The van der Waals surface area contributed by atoms with Crippen LogP contribution in [0, 0.1) is 5.41 Å². The summed E-state index contributed by atoms with van der Waals surface area (Å²) in [7, 11) is 0. The van der Waals surface area contributed by atoms with Gasteiger partial charge >= 0.3 is 0 Å². The fourth-order valence-corrected chi connectivity index (χ4v) is 3.40. The molecule has 0 spiro atoms. The van der Waals surface area contributed by atoms with E-state index in [0.717, 1.165) is 13.1 Å². The summed E-state index contributed by atoms with van der Waals surface area (Å²) in [6.07, 6.45) is 3.97. The first-order valence-corrected chi connectivity index (χ1v) is 8.72. The predicted octanol–water partition coefficient (Wildman–Crippen LogP) is 3.65. The van der Waals surface area contributed by atoms with Crippen molar-refractivity contribution in [3.63, 3.8) is 0 Å². The molecule has 2 heterocycles. The van der Waals surface area contributed by atoms with Crippen molar-refractivity contribution in [3.05, 3.63) is 16.1 Å². The Labute approximate surface area is 127 Å². The van der Waals surface area contributed by atoms with Crippen molar-refractivity contribution in [1.29, 1.82) is 0 Å².